The molecule has 2 aromatic rings. The number of aromatic nitrogens is 2. The van der Waals surface area contributed by atoms with E-state index < -0.39 is 16.0 Å². The van der Waals surface area contributed by atoms with E-state index in [0.29, 0.717) is 19.0 Å². The molecule has 0 unspecified atom stereocenters. The predicted molar refractivity (Wildman–Crippen MR) is 84.7 cm³/mol. The van der Waals surface area contributed by atoms with Gasteiger partial charge < -0.3 is 9.15 Å². The molecule has 0 saturated carbocycles. The lowest BCUT2D eigenvalue weighted by molar-refractivity contribution is 0.0436. The molecule has 24 heavy (non-hydrogen) atoms. The van der Waals surface area contributed by atoms with Crippen molar-refractivity contribution in [3.63, 3.8) is 0 Å². The Balaban J connectivity index is 2.07. The third-order valence-corrected chi connectivity index (χ3v) is 5.39. The number of hydrogen-bond acceptors (Lipinski definition) is 7. The van der Waals surface area contributed by atoms with Crippen LogP contribution < -0.4 is 0 Å². The highest BCUT2D eigenvalue weighted by atomic mass is 32.2. The van der Waals surface area contributed by atoms with E-state index in [1.807, 2.05) is 0 Å². The summed E-state index contributed by atoms with van der Waals surface area (Å²) in [5, 5.41) is 7.35. The summed E-state index contributed by atoms with van der Waals surface area (Å²) in [7, 11) is -3.55. The minimum Gasteiger partial charge on any atom is -0.452 e. The Morgan fingerprint density at radius 1 is 1.17 bits per heavy atom. The van der Waals surface area contributed by atoms with Gasteiger partial charge in [0.25, 0.3) is 5.89 Å². The van der Waals surface area contributed by atoms with E-state index in [2.05, 4.69) is 10.2 Å². The molecule has 0 aliphatic rings. The number of nitrogens with zero attached hydrogens (tertiary/aromatic N) is 3. The van der Waals surface area contributed by atoms with Crippen LogP contribution in [0.5, 0.6) is 0 Å². The fraction of sp³-hybridized carbons (Fsp3) is 0.400. The number of hydrogen-bond donors (Lipinski definition) is 0. The van der Waals surface area contributed by atoms with Gasteiger partial charge in [-0.15, -0.1) is 10.2 Å². The van der Waals surface area contributed by atoms with Crippen molar-refractivity contribution in [2.75, 3.05) is 13.1 Å². The monoisotopic (exact) mass is 353 g/mol. The van der Waals surface area contributed by atoms with Crippen molar-refractivity contribution in [2.45, 2.75) is 32.3 Å². The van der Waals surface area contributed by atoms with Gasteiger partial charge in [-0.05, 0) is 24.3 Å². The lowest BCUT2D eigenvalue weighted by atomic mass is 10.2. The zero-order chi connectivity index (χ0) is 17.7. The topological polar surface area (TPSA) is 103 Å². The molecular formula is C15H19N3O5S. The van der Waals surface area contributed by atoms with Gasteiger partial charge in [0.05, 0.1) is 10.5 Å². The van der Waals surface area contributed by atoms with E-state index >= 15 is 0 Å². The van der Waals surface area contributed by atoms with Crippen LogP contribution in [0.15, 0.2) is 33.6 Å². The number of esters is 1. The zero-order valence-electron chi connectivity index (χ0n) is 13.7. The molecular weight excluding hydrogens is 334 g/mol. The van der Waals surface area contributed by atoms with E-state index in [9.17, 15) is 13.2 Å². The lowest BCUT2D eigenvalue weighted by Crippen LogP contribution is -2.30. The van der Waals surface area contributed by atoms with Gasteiger partial charge in [0, 0.05) is 20.0 Å². The van der Waals surface area contributed by atoms with Gasteiger partial charge >= 0.3 is 5.97 Å². The van der Waals surface area contributed by atoms with Crippen LogP contribution in [0, 0.1) is 6.92 Å². The van der Waals surface area contributed by atoms with E-state index in [1.165, 1.54) is 28.6 Å². The molecule has 0 radical (unpaired) electrons. The average Bonchev–Trinajstić information content (AvgIpc) is 2.99. The Morgan fingerprint density at radius 3 is 2.29 bits per heavy atom. The van der Waals surface area contributed by atoms with Crippen molar-refractivity contribution in [3.05, 3.63) is 41.6 Å². The standard InChI is InChI=1S/C15H19N3O5S/c1-4-18(5-2)24(20,21)13-8-6-12(7-9-13)15(19)22-10-14-17-16-11(3)23-14/h6-9H,4-5,10H2,1-3H3. The fourth-order valence-electron chi connectivity index (χ4n) is 2.08. The summed E-state index contributed by atoms with van der Waals surface area (Å²) in [5.41, 5.74) is 0.240. The molecule has 0 saturated heterocycles. The smallest absolute Gasteiger partial charge is 0.338 e. The summed E-state index contributed by atoms with van der Waals surface area (Å²) in [6.45, 7) is 5.79. The normalized spacial score (nSPS) is 11.7. The Hall–Kier alpha value is -2.26. The SMILES string of the molecule is CCN(CC)S(=O)(=O)c1ccc(C(=O)OCc2nnc(C)o2)cc1. The molecule has 0 aliphatic carbocycles. The van der Waals surface area contributed by atoms with Crippen LogP contribution in [0.1, 0.15) is 36.0 Å². The number of rotatable bonds is 7. The van der Waals surface area contributed by atoms with Gasteiger partial charge in [0.2, 0.25) is 15.9 Å². The maximum absolute atomic E-state index is 12.4. The van der Waals surface area contributed by atoms with Gasteiger partial charge in [0.1, 0.15) is 0 Å². The van der Waals surface area contributed by atoms with Crippen LogP contribution >= 0.6 is 0 Å². The Bertz CT molecular complexity index is 795. The van der Waals surface area contributed by atoms with Crippen LogP contribution in [0.2, 0.25) is 0 Å². The molecule has 1 aromatic carbocycles. The Kier molecular flexibility index (Phi) is 5.68. The second-order valence-electron chi connectivity index (χ2n) is 4.90. The molecule has 8 nitrogen and oxygen atoms in total. The quantitative estimate of drug-likeness (QED) is 0.699. The summed E-state index contributed by atoms with van der Waals surface area (Å²) < 4.78 is 36.2. The van der Waals surface area contributed by atoms with Crippen molar-refractivity contribution >= 4 is 16.0 Å². The van der Waals surface area contributed by atoms with E-state index in [-0.39, 0.29) is 23.0 Å². The van der Waals surface area contributed by atoms with Crippen molar-refractivity contribution in [1.29, 1.82) is 0 Å². The summed E-state index contributed by atoms with van der Waals surface area (Å²) in [6.07, 6.45) is 0. The highest BCUT2D eigenvalue weighted by molar-refractivity contribution is 7.89. The van der Waals surface area contributed by atoms with Crippen LogP contribution in [0.3, 0.4) is 0 Å². The molecule has 0 aliphatic heterocycles. The number of ether oxygens (including phenoxy) is 1. The molecule has 130 valence electrons. The molecule has 1 heterocycles. The second kappa shape index (κ2) is 7.54. The number of carbonyl (C=O) groups is 1. The first-order chi connectivity index (χ1) is 11.4. The molecule has 0 amide bonds. The van der Waals surface area contributed by atoms with Gasteiger partial charge in [-0.2, -0.15) is 4.31 Å². The first-order valence-electron chi connectivity index (χ1n) is 7.44. The summed E-state index contributed by atoms with van der Waals surface area (Å²) in [4.78, 5) is 12.1. The molecule has 0 spiro atoms. The third-order valence-electron chi connectivity index (χ3n) is 3.33. The van der Waals surface area contributed by atoms with E-state index in [1.54, 1.807) is 20.8 Å². The third kappa shape index (κ3) is 3.98. The average molecular weight is 353 g/mol. The number of carbonyl (C=O) groups excluding carboxylic acids is 1. The van der Waals surface area contributed by atoms with Crippen LogP contribution in [-0.4, -0.2) is 42.0 Å². The largest absolute Gasteiger partial charge is 0.452 e. The molecule has 9 heteroatoms. The summed E-state index contributed by atoms with van der Waals surface area (Å²) in [6, 6.07) is 5.61. The molecule has 0 bridgehead atoms. The van der Waals surface area contributed by atoms with Gasteiger partial charge in [-0.1, -0.05) is 13.8 Å². The van der Waals surface area contributed by atoms with Crippen molar-refractivity contribution in [1.82, 2.24) is 14.5 Å². The Morgan fingerprint density at radius 2 is 1.79 bits per heavy atom. The Labute approximate surface area is 140 Å². The van der Waals surface area contributed by atoms with Crippen molar-refractivity contribution < 1.29 is 22.4 Å². The molecule has 0 fully saturated rings. The van der Waals surface area contributed by atoms with Crippen LogP contribution in [0.25, 0.3) is 0 Å². The van der Waals surface area contributed by atoms with Crippen molar-refractivity contribution in [2.24, 2.45) is 0 Å². The maximum Gasteiger partial charge on any atom is 0.338 e. The first-order valence-corrected chi connectivity index (χ1v) is 8.88. The van der Waals surface area contributed by atoms with E-state index in [0.717, 1.165) is 0 Å². The van der Waals surface area contributed by atoms with Gasteiger partial charge in [-0.3, -0.25) is 0 Å². The molecule has 2 rings (SSSR count). The zero-order valence-corrected chi connectivity index (χ0v) is 14.5. The summed E-state index contributed by atoms with van der Waals surface area (Å²) in [5.74, 6) is -0.0220. The van der Waals surface area contributed by atoms with Gasteiger partial charge in [0.15, 0.2) is 6.61 Å². The molecule has 0 N–H and O–H groups in total. The second-order valence-corrected chi connectivity index (χ2v) is 6.84. The molecule has 0 atom stereocenters. The maximum atomic E-state index is 12.4. The fourth-order valence-corrected chi connectivity index (χ4v) is 3.54. The number of aryl methyl sites for hydroxylation is 1. The minimum atomic E-state index is -3.55. The minimum absolute atomic E-state index is 0.135. The first kappa shape index (κ1) is 18.1. The van der Waals surface area contributed by atoms with Crippen LogP contribution in [0.4, 0.5) is 0 Å². The number of benzene rings is 1. The van der Waals surface area contributed by atoms with E-state index in [4.69, 9.17) is 9.15 Å². The number of sulfonamides is 1. The predicted octanol–water partition coefficient (Wildman–Crippen LogP) is 1.77. The van der Waals surface area contributed by atoms with Crippen LogP contribution in [-0.2, 0) is 21.4 Å². The van der Waals surface area contributed by atoms with Gasteiger partial charge in [-0.25, -0.2) is 13.2 Å². The van der Waals surface area contributed by atoms with Crippen molar-refractivity contribution in [3.8, 4) is 0 Å². The highest BCUT2D eigenvalue weighted by Crippen LogP contribution is 2.17. The summed E-state index contributed by atoms with van der Waals surface area (Å²) >= 11 is 0. The molecule has 1 aromatic heterocycles. The highest BCUT2D eigenvalue weighted by Gasteiger charge is 2.22. The lowest BCUT2D eigenvalue weighted by Gasteiger charge is -2.18.